The minimum Gasteiger partial charge on any atom is -0.402 e. The summed E-state index contributed by atoms with van der Waals surface area (Å²) in [6.45, 7) is 13.8. The van der Waals surface area contributed by atoms with E-state index in [1.807, 2.05) is 4.90 Å². The van der Waals surface area contributed by atoms with Gasteiger partial charge in [-0.3, -0.25) is 4.79 Å². The molecule has 1 aliphatic heterocycles. The molecule has 2 atom stereocenters. The number of amides is 1. The average Bonchev–Trinajstić information content (AvgIpc) is 3.14. The predicted molar refractivity (Wildman–Crippen MR) is 137 cm³/mol. The van der Waals surface area contributed by atoms with E-state index in [9.17, 15) is 9.18 Å². The van der Waals surface area contributed by atoms with Crippen LogP contribution in [0.15, 0.2) is 47.2 Å². The monoisotopic (exact) mass is 489 g/mol. The van der Waals surface area contributed by atoms with Gasteiger partial charge in [0.1, 0.15) is 11.7 Å². The van der Waals surface area contributed by atoms with Crippen molar-refractivity contribution in [2.24, 2.45) is 22.6 Å². The Labute approximate surface area is 207 Å². The molecule has 34 heavy (non-hydrogen) atoms. The molecular weight excluding hydrogens is 453 g/mol. The molecule has 186 valence electrons. The third kappa shape index (κ3) is 6.19. The molecule has 8 heteroatoms. The molecule has 0 spiro atoms. The van der Waals surface area contributed by atoms with Gasteiger partial charge in [0.05, 0.1) is 10.9 Å². The molecule has 0 radical (unpaired) electrons. The molecule has 6 nitrogen and oxygen atoms in total. The highest BCUT2D eigenvalue weighted by molar-refractivity contribution is 6.30. The molecule has 0 bridgehead atoms. The fourth-order valence-electron chi connectivity index (χ4n) is 4.69. The van der Waals surface area contributed by atoms with E-state index in [4.69, 9.17) is 17.3 Å². The number of carbonyl (C=O) groups is 1. The molecule has 1 heterocycles. The first-order valence-electron chi connectivity index (χ1n) is 12.1. The molecule has 1 saturated heterocycles. The Morgan fingerprint density at radius 3 is 2.53 bits per heavy atom. The lowest BCUT2D eigenvalue weighted by Gasteiger charge is -2.39. The van der Waals surface area contributed by atoms with E-state index >= 15 is 0 Å². The highest BCUT2D eigenvalue weighted by Gasteiger charge is 2.33. The number of amidine groups is 1. The number of halogens is 2. The van der Waals surface area contributed by atoms with Crippen LogP contribution in [0.1, 0.15) is 45.1 Å². The van der Waals surface area contributed by atoms with Crippen LogP contribution in [0.5, 0.6) is 0 Å². The molecule has 0 saturated carbocycles. The summed E-state index contributed by atoms with van der Waals surface area (Å²) in [5.74, 6) is 0.685. The van der Waals surface area contributed by atoms with Crippen molar-refractivity contribution in [3.05, 3.63) is 58.7 Å². The van der Waals surface area contributed by atoms with E-state index < -0.39 is 11.7 Å². The molecule has 0 aromatic heterocycles. The number of nitrogens with two attached hydrogens (primary N) is 1. The van der Waals surface area contributed by atoms with Crippen molar-refractivity contribution in [3.8, 4) is 0 Å². The Morgan fingerprint density at radius 1 is 1.29 bits per heavy atom. The smallest absolute Gasteiger partial charge is 0.231 e. The van der Waals surface area contributed by atoms with Crippen LogP contribution in [0.2, 0.25) is 5.02 Å². The van der Waals surface area contributed by atoms with Crippen molar-refractivity contribution in [1.29, 1.82) is 0 Å². The standard InChI is InChI=1S/C26H37ClFN5O/c1-5-31-25(24-18(4)6-9-23(24)29)32-10-12-33(13-11-32)26(34)20(16-30-15-17(2)3)19-7-8-21(27)22(28)14-19/h5,7-8,14,17-18,20,30H,1,6,9-13,15-16,29H2,2-4H3/t18-,20-/m1/s1. The second kappa shape index (κ2) is 11.8. The van der Waals surface area contributed by atoms with E-state index in [1.54, 1.807) is 12.3 Å². The van der Waals surface area contributed by atoms with Gasteiger partial charge in [-0.25, -0.2) is 9.38 Å². The molecule has 3 rings (SSSR count). The molecule has 1 fully saturated rings. The van der Waals surface area contributed by atoms with Gasteiger partial charge in [-0.1, -0.05) is 45.0 Å². The summed E-state index contributed by atoms with van der Waals surface area (Å²) in [6, 6.07) is 4.64. The molecule has 1 aromatic rings. The minimum absolute atomic E-state index is 0.00666. The summed E-state index contributed by atoms with van der Waals surface area (Å²) in [5, 5.41) is 3.42. The first-order chi connectivity index (χ1) is 16.2. The van der Waals surface area contributed by atoms with Crippen LogP contribution in [-0.2, 0) is 4.79 Å². The Morgan fingerprint density at radius 2 is 1.97 bits per heavy atom. The SMILES string of the molecule is C=CN=C(C1=C(N)CC[C@H]1C)N1CCN(C(=O)[C@H](CNCC(C)C)c2ccc(Cl)c(F)c2)CC1. The van der Waals surface area contributed by atoms with Gasteiger partial charge in [-0.2, -0.15) is 0 Å². The highest BCUT2D eigenvalue weighted by Crippen LogP contribution is 2.31. The Kier molecular flexibility index (Phi) is 9.14. The lowest BCUT2D eigenvalue weighted by Crippen LogP contribution is -2.53. The second-order valence-corrected chi connectivity index (χ2v) is 10.0. The number of benzene rings is 1. The number of allylic oxidation sites excluding steroid dienone is 1. The number of aliphatic imine (C=N–C) groups is 1. The summed E-state index contributed by atoms with van der Waals surface area (Å²) in [4.78, 5) is 22.2. The zero-order chi connectivity index (χ0) is 24.8. The number of rotatable bonds is 8. The van der Waals surface area contributed by atoms with Gasteiger partial charge in [0.2, 0.25) is 5.91 Å². The number of piperazine rings is 1. The van der Waals surface area contributed by atoms with Crippen molar-refractivity contribution in [1.82, 2.24) is 15.1 Å². The molecule has 2 aliphatic rings. The van der Waals surface area contributed by atoms with Gasteiger partial charge in [0.25, 0.3) is 0 Å². The van der Waals surface area contributed by atoms with Gasteiger partial charge in [0.15, 0.2) is 0 Å². The van der Waals surface area contributed by atoms with Gasteiger partial charge >= 0.3 is 0 Å². The Bertz CT molecular complexity index is 953. The molecule has 1 amide bonds. The number of nitrogens with zero attached hydrogens (tertiary/aromatic N) is 3. The molecule has 1 aromatic carbocycles. The topological polar surface area (TPSA) is 74.0 Å². The van der Waals surface area contributed by atoms with E-state index in [2.05, 4.69) is 42.6 Å². The molecule has 3 N–H and O–H groups in total. The van der Waals surface area contributed by atoms with Gasteiger partial charge in [-0.15, -0.1) is 0 Å². The summed E-state index contributed by atoms with van der Waals surface area (Å²) < 4.78 is 14.2. The first-order valence-corrected chi connectivity index (χ1v) is 12.5. The third-order valence-corrected chi connectivity index (χ3v) is 6.88. The number of carbonyl (C=O) groups excluding carboxylic acids is 1. The Balaban J connectivity index is 1.73. The third-order valence-electron chi connectivity index (χ3n) is 6.58. The maximum absolute atomic E-state index is 14.2. The average molecular weight is 490 g/mol. The van der Waals surface area contributed by atoms with Crippen LogP contribution < -0.4 is 11.1 Å². The predicted octanol–water partition coefficient (Wildman–Crippen LogP) is 4.14. The van der Waals surface area contributed by atoms with E-state index in [-0.39, 0.29) is 10.9 Å². The van der Waals surface area contributed by atoms with E-state index in [0.29, 0.717) is 50.1 Å². The second-order valence-electron chi connectivity index (χ2n) is 9.60. The van der Waals surface area contributed by atoms with Crippen molar-refractivity contribution in [3.63, 3.8) is 0 Å². The van der Waals surface area contributed by atoms with Crippen LogP contribution >= 0.6 is 11.6 Å². The van der Waals surface area contributed by atoms with Crippen molar-refractivity contribution < 1.29 is 9.18 Å². The van der Waals surface area contributed by atoms with Crippen molar-refractivity contribution >= 4 is 23.3 Å². The highest BCUT2D eigenvalue weighted by atomic mass is 35.5. The summed E-state index contributed by atoms with van der Waals surface area (Å²) in [6.07, 6.45) is 3.47. The van der Waals surface area contributed by atoms with Crippen LogP contribution in [0, 0.1) is 17.7 Å². The molecule has 0 unspecified atom stereocenters. The number of hydrogen-bond donors (Lipinski definition) is 2. The summed E-state index contributed by atoms with van der Waals surface area (Å²) in [7, 11) is 0. The number of hydrogen-bond acceptors (Lipinski definition) is 4. The zero-order valence-corrected chi connectivity index (χ0v) is 21.2. The number of nitrogens with one attached hydrogen (secondary N) is 1. The fraction of sp³-hybridized carbons (Fsp3) is 0.538. The first kappa shape index (κ1) is 26.2. The normalized spacial score (nSPS) is 20.3. The lowest BCUT2D eigenvalue weighted by atomic mass is 9.96. The fourth-order valence-corrected chi connectivity index (χ4v) is 4.81. The van der Waals surface area contributed by atoms with E-state index in [0.717, 1.165) is 36.5 Å². The summed E-state index contributed by atoms with van der Waals surface area (Å²) in [5.41, 5.74) is 8.94. The lowest BCUT2D eigenvalue weighted by molar-refractivity contribution is -0.134. The van der Waals surface area contributed by atoms with E-state index in [1.165, 1.54) is 12.1 Å². The van der Waals surface area contributed by atoms with Crippen LogP contribution in [-0.4, -0.2) is 60.8 Å². The van der Waals surface area contributed by atoms with Crippen LogP contribution in [0.3, 0.4) is 0 Å². The van der Waals surface area contributed by atoms with Crippen molar-refractivity contribution in [2.75, 3.05) is 39.3 Å². The van der Waals surface area contributed by atoms with Crippen LogP contribution in [0.25, 0.3) is 0 Å². The molecule has 1 aliphatic carbocycles. The molecular formula is C26H37ClFN5O. The maximum atomic E-state index is 14.2. The maximum Gasteiger partial charge on any atom is 0.231 e. The largest absolute Gasteiger partial charge is 0.402 e. The Hall–Kier alpha value is -2.38. The quantitative estimate of drug-likeness (QED) is 0.425. The van der Waals surface area contributed by atoms with Gasteiger partial charge in [0, 0.05) is 50.2 Å². The van der Waals surface area contributed by atoms with Crippen LogP contribution in [0.4, 0.5) is 4.39 Å². The summed E-state index contributed by atoms with van der Waals surface area (Å²) >= 11 is 5.88. The van der Waals surface area contributed by atoms with Crippen molar-refractivity contribution in [2.45, 2.75) is 39.5 Å². The minimum atomic E-state index is -0.507. The van der Waals surface area contributed by atoms with Gasteiger partial charge < -0.3 is 20.9 Å². The zero-order valence-electron chi connectivity index (χ0n) is 20.5. The van der Waals surface area contributed by atoms with Gasteiger partial charge in [-0.05, 0) is 48.9 Å².